The molecule has 0 bridgehead atoms. The van der Waals surface area contributed by atoms with Crippen LogP contribution in [-0.4, -0.2) is 12.0 Å². The number of thiophene rings is 1. The second-order valence-electron chi connectivity index (χ2n) is 3.46. The highest BCUT2D eigenvalue weighted by Gasteiger charge is 2.09. The van der Waals surface area contributed by atoms with E-state index in [2.05, 4.69) is 39.3 Å². The van der Waals surface area contributed by atoms with E-state index >= 15 is 0 Å². The third kappa shape index (κ3) is 2.64. The summed E-state index contributed by atoms with van der Waals surface area (Å²) in [5.74, 6) is 0. The molecule has 0 aliphatic heterocycles. The van der Waals surface area contributed by atoms with E-state index in [4.69, 9.17) is 0 Å². The summed E-state index contributed by atoms with van der Waals surface area (Å²) < 4.78 is 0. The Morgan fingerprint density at radius 3 is 2.73 bits per heavy atom. The van der Waals surface area contributed by atoms with Crippen LogP contribution in [0.25, 0.3) is 0 Å². The highest BCUT2D eigenvalue weighted by Crippen LogP contribution is 2.19. The molecular formula is C12H14N2S. The molecule has 3 heteroatoms. The zero-order chi connectivity index (χ0) is 10.5. The van der Waals surface area contributed by atoms with E-state index < -0.39 is 0 Å². The highest BCUT2D eigenvalue weighted by molar-refractivity contribution is 7.07. The Bertz CT molecular complexity index is 383. The van der Waals surface area contributed by atoms with Crippen molar-refractivity contribution in [2.75, 3.05) is 7.05 Å². The molecule has 0 aliphatic rings. The lowest BCUT2D eigenvalue weighted by Gasteiger charge is -2.14. The van der Waals surface area contributed by atoms with Crippen molar-refractivity contribution in [1.29, 1.82) is 0 Å². The Morgan fingerprint density at radius 2 is 2.13 bits per heavy atom. The van der Waals surface area contributed by atoms with Gasteiger partial charge in [-0.15, -0.1) is 0 Å². The molecule has 2 aromatic heterocycles. The third-order valence-corrected chi connectivity index (χ3v) is 3.18. The summed E-state index contributed by atoms with van der Waals surface area (Å²) in [6, 6.07) is 6.71. The molecule has 0 spiro atoms. The number of nitrogens with one attached hydrogen (secondary N) is 1. The number of nitrogens with zero attached hydrogens (tertiary/aromatic N) is 1. The first kappa shape index (κ1) is 10.3. The number of pyridine rings is 1. The van der Waals surface area contributed by atoms with Crippen LogP contribution in [0.1, 0.15) is 17.2 Å². The predicted molar refractivity (Wildman–Crippen MR) is 64.1 cm³/mol. The van der Waals surface area contributed by atoms with Gasteiger partial charge in [-0.2, -0.15) is 11.3 Å². The van der Waals surface area contributed by atoms with Crippen molar-refractivity contribution in [3.05, 3.63) is 52.5 Å². The average Bonchev–Trinajstić information content (AvgIpc) is 2.81. The molecule has 15 heavy (non-hydrogen) atoms. The molecule has 1 unspecified atom stereocenters. The molecule has 0 saturated heterocycles. The van der Waals surface area contributed by atoms with Gasteiger partial charge < -0.3 is 5.32 Å². The molecule has 0 radical (unpaired) electrons. The summed E-state index contributed by atoms with van der Waals surface area (Å²) in [4.78, 5) is 4.02. The van der Waals surface area contributed by atoms with Crippen LogP contribution in [0.2, 0.25) is 0 Å². The lowest BCUT2D eigenvalue weighted by atomic mass is 10.0. The van der Waals surface area contributed by atoms with Gasteiger partial charge in [-0.1, -0.05) is 0 Å². The van der Waals surface area contributed by atoms with E-state index in [1.807, 2.05) is 19.4 Å². The maximum absolute atomic E-state index is 4.02. The van der Waals surface area contributed by atoms with Gasteiger partial charge in [0.15, 0.2) is 0 Å². The van der Waals surface area contributed by atoms with Crippen molar-refractivity contribution in [3.63, 3.8) is 0 Å². The van der Waals surface area contributed by atoms with E-state index in [0.29, 0.717) is 6.04 Å². The van der Waals surface area contributed by atoms with Crippen LogP contribution in [0, 0.1) is 0 Å². The van der Waals surface area contributed by atoms with E-state index in [9.17, 15) is 0 Å². The molecule has 2 nitrogen and oxygen atoms in total. The van der Waals surface area contributed by atoms with Gasteiger partial charge in [-0.25, -0.2) is 0 Å². The molecule has 2 rings (SSSR count). The molecular weight excluding hydrogens is 204 g/mol. The Hall–Kier alpha value is -1.19. The topological polar surface area (TPSA) is 24.9 Å². The summed E-state index contributed by atoms with van der Waals surface area (Å²) in [5, 5.41) is 7.65. The van der Waals surface area contributed by atoms with E-state index in [1.165, 1.54) is 11.1 Å². The molecule has 1 atom stereocenters. The Morgan fingerprint density at radius 1 is 1.33 bits per heavy atom. The van der Waals surface area contributed by atoms with Gasteiger partial charge in [-0.05, 0) is 53.6 Å². The summed E-state index contributed by atoms with van der Waals surface area (Å²) in [6.07, 6.45) is 4.70. The number of hydrogen-bond acceptors (Lipinski definition) is 3. The first-order chi connectivity index (χ1) is 7.40. The van der Waals surface area contributed by atoms with Gasteiger partial charge in [0.1, 0.15) is 0 Å². The maximum Gasteiger partial charge on any atom is 0.0366 e. The quantitative estimate of drug-likeness (QED) is 0.853. The molecule has 0 fully saturated rings. The molecule has 0 aromatic carbocycles. The highest BCUT2D eigenvalue weighted by atomic mass is 32.1. The lowest BCUT2D eigenvalue weighted by Crippen LogP contribution is -2.18. The predicted octanol–water partition coefficient (Wildman–Crippen LogP) is 2.65. The summed E-state index contributed by atoms with van der Waals surface area (Å²) >= 11 is 1.74. The van der Waals surface area contributed by atoms with Crippen molar-refractivity contribution >= 4 is 11.3 Å². The van der Waals surface area contributed by atoms with E-state index in [0.717, 1.165) is 6.42 Å². The number of rotatable bonds is 4. The lowest BCUT2D eigenvalue weighted by molar-refractivity contribution is 0.593. The normalized spacial score (nSPS) is 12.6. The van der Waals surface area contributed by atoms with Gasteiger partial charge in [-0.3, -0.25) is 4.98 Å². The van der Waals surface area contributed by atoms with Crippen LogP contribution in [0.15, 0.2) is 41.4 Å². The fourth-order valence-electron chi connectivity index (χ4n) is 1.61. The molecule has 0 saturated carbocycles. The number of hydrogen-bond donors (Lipinski definition) is 1. The zero-order valence-electron chi connectivity index (χ0n) is 8.68. The monoisotopic (exact) mass is 218 g/mol. The Balaban J connectivity index is 2.10. The van der Waals surface area contributed by atoms with E-state index in [-0.39, 0.29) is 0 Å². The first-order valence-corrected chi connectivity index (χ1v) is 5.92. The number of likely N-dealkylation sites (N-methyl/N-ethyl adjacent to an activating group) is 1. The zero-order valence-corrected chi connectivity index (χ0v) is 9.50. The SMILES string of the molecule is CNC(Cc1ccncc1)c1ccsc1. The minimum absolute atomic E-state index is 0.402. The van der Waals surface area contributed by atoms with Gasteiger partial charge in [0, 0.05) is 18.4 Å². The number of aromatic nitrogens is 1. The third-order valence-electron chi connectivity index (χ3n) is 2.48. The Labute approximate surface area is 94.0 Å². The van der Waals surface area contributed by atoms with Crippen molar-refractivity contribution in [3.8, 4) is 0 Å². The van der Waals surface area contributed by atoms with Crippen molar-refractivity contribution in [2.45, 2.75) is 12.5 Å². The van der Waals surface area contributed by atoms with Crippen LogP contribution in [0.4, 0.5) is 0 Å². The van der Waals surface area contributed by atoms with Crippen LogP contribution >= 0.6 is 11.3 Å². The molecule has 1 N–H and O–H groups in total. The summed E-state index contributed by atoms with van der Waals surface area (Å²) in [7, 11) is 2.00. The summed E-state index contributed by atoms with van der Waals surface area (Å²) in [5.41, 5.74) is 2.68. The van der Waals surface area contributed by atoms with Crippen LogP contribution in [0.3, 0.4) is 0 Å². The standard InChI is InChI=1S/C12H14N2S/c1-13-12(11-4-7-15-9-11)8-10-2-5-14-6-3-10/h2-7,9,12-13H,8H2,1H3. The minimum Gasteiger partial charge on any atom is -0.313 e. The molecule has 0 aliphatic carbocycles. The fourth-order valence-corrected chi connectivity index (χ4v) is 2.33. The molecule has 2 aromatic rings. The van der Waals surface area contributed by atoms with Gasteiger partial charge in [0.25, 0.3) is 0 Å². The minimum atomic E-state index is 0.402. The van der Waals surface area contributed by atoms with Crippen LogP contribution < -0.4 is 5.32 Å². The smallest absolute Gasteiger partial charge is 0.0366 e. The van der Waals surface area contributed by atoms with Gasteiger partial charge in [0.05, 0.1) is 0 Å². The van der Waals surface area contributed by atoms with Gasteiger partial charge >= 0.3 is 0 Å². The van der Waals surface area contributed by atoms with Crippen molar-refractivity contribution in [1.82, 2.24) is 10.3 Å². The van der Waals surface area contributed by atoms with Crippen molar-refractivity contribution < 1.29 is 0 Å². The second kappa shape index (κ2) is 5.05. The van der Waals surface area contributed by atoms with Crippen LogP contribution in [-0.2, 0) is 6.42 Å². The molecule has 78 valence electrons. The first-order valence-electron chi connectivity index (χ1n) is 4.98. The Kier molecular flexibility index (Phi) is 3.48. The fraction of sp³-hybridized carbons (Fsp3) is 0.250. The second-order valence-corrected chi connectivity index (χ2v) is 4.24. The maximum atomic E-state index is 4.02. The molecule has 2 heterocycles. The average molecular weight is 218 g/mol. The van der Waals surface area contributed by atoms with Crippen molar-refractivity contribution in [2.24, 2.45) is 0 Å². The summed E-state index contributed by atoms with van der Waals surface area (Å²) in [6.45, 7) is 0. The largest absolute Gasteiger partial charge is 0.313 e. The van der Waals surface area contributed by atoms with E-state index in [1.54, 1.807) is 11.3 Å². The molecule has 0 amide bonds. The van der Waals surface area contributed by atoms with Gasteiger partial charge in [0.2, 0.25) is 0 Å². The van der Waals surface area contributed by atoms with Crippen LogP contribution in [0.5, 0.6) is 0 Å².